The molecule has 0 aliphatic carbocycles. The zero-order valence-corrected chi connectivity index (χ0v) is 8.58. The Morgan fingerprint density at radius 3 is 3.21 bits per heavy atom. The highest BCUT2D eigenvalue weighted by Crippen LogP contribution is 2.20. The van der Waals surface area contributed by atoms with Gasteiger partial charge in [0.2, 0.25) is 0 Å². The molecule has 14 heavy (non-hydrogen) atoms. The molecule has 1 aromatic rings. The lowest BCUT2D eigenvalue weighted by Crippen LogP contribution is -2.31. The third kappa shape index (κ3) is 1.18. The van der Waals surface area contributed by atoms with Crippen LogP contribution in [0.15, 0.2) is 0 Å². The molecule has 2 aliphatic heterocycles. The maximum Gasteiger partial charge on any atom is 0.123 e. The van der Waals surface area contributed by atoms with E-state index in [9.17, 15) is 0 Å². The fourth-order valence-electron chi connectivity index (χ4n) is 2.42. The summed E-state index contributed by atoms with van der Waals surface area (Å²) < 4.78 is 2.42. The van der Waals surface area contributed by atoms with E-state index < -0.39 is 0 Å². The summed E-state index contributed by atoms with van der Waals surface area (Å²) in [4.78, 5) is 7.04. The number of aromatic nitrogens is 2. The molecule has 3 heterocycles. The number of fused-ring (bicyclic) bond motifs is 3. The number of nitrogens with zero attached hydrogens (tertiary/aromatic N) is 3. The summed E-state index contributed by atoms with van der Waals surface area (Å²) in [5, 5.41) is 3.36. The quantitative estimate of drug-likeness (QED) is 0.627. The third-order valence-electron chi connectivity index (χ3n) is 3.18. The minimum atomic E-state index is 0.941. The van der Waals surface area contributed by atoms with Gasteiger partial charge in [0.15, 0.2) is 0 Å². The van der Waals surface area contributed by atoms with E-state index in [1.165, 1.54) is 30.2 Å². The van der Waals surface area contributed by atoms with Crippen molar-refractivity contribution in [2.75, 3.05) is 20.1 Å². The van der Waals surface area contributed by atoms with Crippen molar-refractivity contribution in [1.29, 1.82) is 0 Å². The lowest BCUT2D eigenvalue weighted by atomic mass is 10.1. The van der Waals surface area contributed by atoms with Crippen LogP contribution in [0, 0.1) is 0 Å². The van der Waals surface area contributed by atoms with Crippen LogP contribution in [0.25, 0.3) is 0 Å². The summed E-state index contributed by atoms with van der Waals surface area (Å²) in [6.45, 7) is 5.32. The molecule has 3 rings (SSSR count). The van der Waals surface area contributed by atoms with E-state index >= 15 is 0 Å². The van der Waals surface area contributed by atoms with Crippen molar-refractivity contribution in [3.05, 3.63) is 17.2 Å². The number of likely N-dealkylation sites (N-methyl/N-ethyl adjacent to an activating group) is 1. The largest absolute Gasteiger partial charge is 0.329 e. The molecule has 4 heteroatoms. The van der Waals surface area contributed by atoms with Crippen LogP contribution < -0.4 is 5.32 Å². The van der Waals surface area contributed by atoms with Gasteiger partial charge in [0.05, 0.1) is 12.2 Å². The zero-order valence-electron chi connectivity index (χ0n) is 8.58. The maximum atomic E-state index is 4.70. The lowest BCUT2D eigenvalue weighted by Gasteiger charge is -2.23. The minimum absolute atomic E-state index is 0.941. The zero-order chi connectivity index (χ0) is 9.54. The smallest absolute Gasteiger partial charge is 0.123 e. The Morgan fingerprint density at radius 2 is 2.29 bits per heavy atom. The van der Waals surface area contributed by atoms with Crippen molar-refractivity contribution in [2.24, 2.45) is 0 Å². The van der Waals surface area contributed by atoms with Gasteiger partial charge < -0.3 is 14.8 Å². The molecule has 1 N–H and O–H groups in total. The number of hydrogen-bond acceptors (Lipinski definition) is 3. The van der Waals surface area contributed by atoms with Crippen molar-refractivity contribution < 1.29 is 0 Å². The second-order valence-electron chi connectivity index (χ2n) is 4.24. The first kappa shape index (κ1) is 8.44. The second kappa shape index (κ2) is 3.07. The van der Waals surface area contributed by atoms with Crippen LogP contribution in [0.1, 0.15) is 17.2 Å². The summed E-state index contributed by atoms with van der Waals surface area (Å²) in [7, 11) is 2.17. The molecule has 1 aromatic heterocycles. The molecular formula is C10H16N4. The van der Waals surface area contributed by atoms with Gasteiger partial charge in [0, 0.05) is 38.3 Å². The Labute approximate surface area is 83.9 Å². The second-order valence-corrected chi connectivity index (χ2v) is 4.24. The summed E-state index contributed by atoms with van der Waals surface area (Å²) in [5.41, 5.74) is 2.79. The van der Waals surface area contributed by atoms with E-state index in [2.05, 4.69) is 21.8 Å². The van der Waals surface area contributed by atoms with Crippen molar-refractivity contribution in [3.8, 4) is 0 Å². The molecule has 0 saturated carbocycles. The van der Waals surface area contributed by atoms with Gasteiger partial charge >= 0.3 is 0 Å². The Bertz CT molecular complexity index is 355. The molecule has 4 nitrogen and oxygen atoms in total. The first-order chi connectivity index (χ1) is 6.84. The summed E-state index contributed by atoms with van der Waals surface area (Å²) >= 11 is 0. The summed E-state index contributed by atoms with van der Waals surface area (Å²) in [6, 6.07) is 0. The van der Waals surface area contributed by atoms with E-state index in [4.69, 9.17) is 4.98 Å². The number of nitrogens with one attached hydrogen (secondary N) is 1. The normalized spacial score (nSPS) is 21.8. The van der Waals surface area contributed by atoms with Crippen molar-refractivity contribution in [3.63, 3.8) is 0 Å². The molecule has 0 aromatic carbocycles. The van der Waals surface area contributed by atoms with Gasteiger partial charge in [-0.25, -0.2) is 4.98 Å². The van der Waals surface area contributed by atoms with Gasteiger partial charge in [-0.3, -0.25) is 0 Å². The highest BCUT2D eigenvalue weighted by molar-refractivity contribution is 5.21. The number of hydrogen-bond donors (Lipinski definition) is 1. The van der Waals surface area contributed by atoms with Gasteiger partial charge in [-0.05, 0) is 7.05 Å². The van der Waals surface area contributed by atoms with E-state index in [0.29, 0.717) is 0 Å². The maximum absolute atomic E-state index is 4.70. The minimum Gasteiger partial charge on any atom is -0.329 e. The van der Waals surface area contributed by atoms with E-state index in [1.54, 1.807) is 0 Å². The van der Waals surface area contributed by atoms with Gasteiger partial charge in [-0.2, -0.15) is 0 Å². The Hall–Kier alpha value is -0.870. The van der Waals surface area contributed by atoms with Crippen LogP contribution >= 0.6 is 0 Å². The van der Waals surface area contributed by atoms with Gasteiger partial charge in [-0.1, -0.05) is 0 Å². The molecular weight excluding hydrogens is 176 g/mol. The Balaban J connectivity index is 2.04. The summed E-state index contributed by atoms with van der Waals surface area (Å²) in [6.07, 6.45) is 1.17. The molecule has 76 valence electrons. The first-order valence-corrected chi connectivity index (χ1v) is 5.31. The van der Waals surface area contributed by atoms with E-state index in [1.807, 2.05) is 0 Å². The Morgan fingerprint density at radius 1 is 1.36 bits per heavy atom. The van der Waals surface area contributed by atoms with Crippen LogP contribution in [0.5, 0.6) is 0 Å². The lowest BCUT2D eigenvalue weighted by molar-refractivity contribution is 0.304. The van der Waals surface area contributed by atoms with Crippen molar-refractivity contribution in [1.82, 2.24) is 19.8 Å². The monoisotopic (exact) mass is 192 g/mol. The molecule has 0 atom stereocenters. The van der Waals surface area contributed by atoms with Gasteiger partial charge in [0.1, 0.15) is 5.82 Å². The molecule has 0 radical (unpaired) electrons. The van der Waals surface area contributed by atoms with Crippen LogP contribution in [0.4, 0.5) is 0 Å². The standard InChI is InChI=1S/C10H16N4/c1-13-4-2-9-8(7-13)12-10-6-11-3-5-14(9)10/h11H,2-7H2,1H3. The predicted octanol–water partition coefficient (Wildman–Crippen LogP) is -0.0258. The first-order valence-electron chi connectivity index (χ1n) is 5.31. The SMILES string of the molecule is CN1CCc2c(nc3n2CCNC3)C1. The summed E-state index contributed by atoms with van der Waals surface area (Å²) in [5.74, 6) is 1.23. The fourth-order valence-corrected chi connectivity index (χ4v) is 2.42. The topological polar surface area (TPSA) is 33.1 Å². The van der Waals surface area contributed by atoms with Crippen LogP contribution in [0.2, 0.25) is 0 Å². The highest BCUT2D eigenvalue weighted by Gasteiger charge is 2.23. The molecule has 0 fully saturated rings. The van der Waals surface area contributed by atoms with Crippen LogP contribution in [-0.4, -0.2) is 34.6 Å². The van der Waals surface area contributed by atoms with Crippen molar-refractivity contribution >= 4 is 0 Å². The molecule has 0 spiro atoms. The van der Waals surface area contributed by atoms with Crippen LogP contribution in [-0.2, 0) is 26.1 Å². The molecule has 2 aliphatic rings. The van der Waals surface area contributed by atoms with Crippen molar-refractivity contribution in [2.45, 2.75) is 26.1 Å². The molecule has 0 amide bonds. The fraction of sp³-hybridized carbons (Fsp3) is 0.700. The average molecular weight is 192 g/mol. The highest BCUT2D eigenvalue weighted by atomic mass is 15.2. The van der Waals surface area contributed by atoms with Crippen LogP contribution in [0.3, 0.4) is 0 Å². The number of imidazole rings is 1. The van der Waals surface area contributed by atoms with E-state index in [0.717, 1.165) is 26.2 Å². The number of rotatable bonds is 0. The van der Waals surface area contributed by atoms with Gasteiger partial charge in [-0.15, -0.1) is 0 Å². The third-order valence-corrected chi connectivity index (χ3v) is 3.18. The predicted molar refractivity (Wildman–Crippen MR) is 54.0 cm³/mol. The van der Waals surface area contributed by atoms with Gasteiger partial charge in [0.25, 0.3) is 0 Å². The Kier molecular flexibility index (Phi) is 1.85. The van der Waals surface area contributed by atoms with E-state index in [-0.39, 0.29) is 0 Å². The molecule has 0 bridgehead atoms. The molecule has 0 saturated heterocycles. The average Bonchev–Trinajstić information content (AvgIpc) is 2.54. The molecule has 0 unspecified atom stereocenters.